The lowest BCUT2D eigenvalue weighted by Crippen LogP contribution is -2.25. The van der Waals surface area contributed by atoms with Crippen LogP contribution in [-0.2, 0) is 17.8 Å². The summed E-state index contributed by atoms with van der Waals surface area (Å²) in [5.74, 6) is 0.546. The van der Waals surface area contributed by atoms with Crippen LogP contribution in [0.25, 0.3) is 0 Å². The summed E-state index contributed by atoms with van der Waals surface area (Å²) in [6.07, 6.45) is 3.34. The van der Waals surface area contributed by atoms with E-state index in [0.29, 0.717) is 12.4 Å². The lowest BCUT2D eigenvalue weighted by Gasteiger charge is -2.02. The van der Waals surface area contributed by atoms with Gasteiger partial charge in [-0.3, -0.25) is 14.9 Å². The van der Waals surface area contributed by atoms with Crippen LogP contribution in [-0.4, -0.2) is 26.1 Å². The summed E-state index contributed by atoms with van der Waals surface area (Å²) in [4.78, 5) is 19.5. The number of aromatic amines is 1. The molecule has 6 nitrogen and oxygen atoms in total. The third kappa shape index (κ3) is 2.88. The van der Waals surface area contributed by atoms with Crippen molar-refractivity contribution in [2.24, 2.45) is 0 Å². The Morgan fingerprint density at radius 3 is 3.00 bits per heavy atom. The van der Waals surface area contributed by atoms with Gasteiger partial charge in [0.05, 0.1) is 13.0 Å². The highest BCUT2D eigenvalue weighted by Gasteiger charge is 2.04. The first-order valence-electron chi connectivity index (χ1n) is 4.85. The van der Waals surface area contributed by atoms with Gasteiger partial charge in [0.2, 0.25) is 5.91 Å². The number of carbonyl (C=O) groups is 1. The molecule has 82 valence electrons. The number of hydrogen-bond donors (Lipinski definition) is 2. The van der Waals surface area contributed by atoms with Crippen molar-refractivity contribution in [3.8, 4) is 0 Å². The molecular formula is C10H11N5O. The SMILES string of the molecule is O=C(Cc1ccccn1)NCc1ncn[nH]1. The number of pyridine rings is 1. The van der Waals surface area contributed by atoms with Crippen LogP contribution in [0.4, 0.5) is 0 Å². The molecule has 1 amide bonds. The third-order valence-corrected chi connectivity index (χ3v) is 1.99. The summed E-state index contributed by atoms with van der Waals surface area (Å²) in [6.45, 7) is 0.353. The fraction of sp³-hybridized carbons (Fsp3) is 0.200. The Bertz CT molecular complexity index is 439. The van der Waals surface area contributed by atoms with Gasteiger partial charge in [-0.1, -0.05) is 6.07 Å². The number of rotatable bonds is 4. The van der Waals surface area contributed by atoms with E-state index in [2.05, 4.69) is 25.5 Å². The molecule has 0 saturated heterocycles. The highest BCUT2D eigenvalue weighted by molar-refractivity contribution is 5.77. The highest BCUT2D eigenvalue weighted by atomic mass is 16.1. The van der Waals surface area contributed by atoms with Crippen LogP contribution in [0.15, 0.2) is 30.7 Å². The predicted molar refractivity (Wildman–Crippen MR) is 56.2 cm³/mol. The highest BCUT2D eigenvalue weighted by Crippen LogP contribution is 1.94. The molecule has 0 fully saturated rings. The summed E-state index contributed by atoms with van der Waals surface area (Å²) in [5, 5.41) is 9.07. The van der Waals surface area contributed by atoms with Crippen molar-refractivity contribution in [3.63, 3.8) is 0 Å². The fourth-order valence-corrected chi connectivity index (χ4v) is 1.23. The summed E-state index contributed by atoms with van der Waals surface area (Å²) in [5.41, 5.74) is 0.748. The van der Waals surface area contributed by atoms with E-state index in [1.54, 1.807) is 6.20 Å². The molecule has 0 unspecified atom stereocenters. The maximum absolute atomic E-state index is 11.5. The molecule has 0 radical (unpaired) electrons. The molecule has 2 aromatic rings. The second kappa shape index (κ2) is 5.01. The van der Waals surface area contributed by atoms with Gasteiger partial charge in [0, 0.05) is 11.9 Å². The zero-order valence-electron chi connectivity index (χ0n) is 8.55. The van der Waals surface area contributed by atoms with Crippen molar-refractivity contribution in [1.29, 1.82) is 0 Å². The van der Waals surface area contributed by atoms with Gasteiger partial charge in [-0.2, -0.15) is 5.10 Å². The number of nitrogens with one attached hydrogen (secondary N) is 2. The predicted octanol–water partition coefficient (Wildman–Crippen LogP) is 0.0586. The van der Waals surface area contributed by atoms with Gasteiger partial charge in [0.15, 0.2) is 0 Å². The molecule has 2 N–H and O–H groups in total. The maximum Gasteiger partial charge on any atom is 0.226 e. The Morgan fingerprint density at radius 1 is 1.38 bits per heavy atom. The van der Waals surface area contributed by atoms with Crippen LogP contribution in [0.1, 0.15) is 11.5 Å². The maximum atomic E-state index is 11.5. The molecule has 0 aliphatic rings. The van der Waals surface area contributed by atoms with Crippen molar-refractivity contribution in [2.45, 2.75) is 13.0 Å². The zero-order chi connectivity index (χ0) is 11.2. The second-order valence-corrected chi connectivity index (χ2v) is 3.21. The van der Waals surface area contributed by atoms with Crippen molar-refractivity contribution >= 4 is 5.91 Å². The van der Waals surface area contributed by atoms with Gasteiger partial charge in [-0.15, -0.1) is 0 Å². The van der Waals surface area contributed by atoms with Gasteiger partial charge >= 0.3 is 0 Å². The summed E-state index contributed by atoms with van der Waals surface area (Å²) < 4.78 is 0. The van der Waals surface area contributed by atoms with Crippen LogP contribution in [0.5, 0.6) is 0 Å². The average Bonchev–Trinajstić information content (AvgIpc) is 2.81. The van der Waals surface area contributed by atoms with E-state index in [-0.39, 0.29) is 12.3 Å². The summed E-state index contributed by atoms with van der Waals surface area (Å²) in [7, 11) is 0. The monoisotopic (exact) mass is 217 g/mol. The van der Waals surface area contributed by atoms with Crippen LogP contribution in [0.2, 0.25) is 0 Å². The van der Waals surface area contributed by atoms with E-state index in [0.717, 1.165) is 5.69 Å². The number of hydrogen-bond acceptors (Lipinski definition) is 4. The minimum absolute atomic E-state index is 0.0879. The quantitative estimate of drug-likeness (QED) is 0.758. The minimum Gasteiger partial charge on any atom is -0.348 e. The first kappa shape index (κ1) is 10.3. The number of amides is 1. The Balaban J connectivity index is 1.81. The molecule has 0 aliphatic carbocycles. The molecule has 0 atom stereocenters. The molecule has 2 rings (SSSR count). The van der Waals surface area contributed by atoms with Gasteiger partial charge < -0.3 is 5.32 Å². The zero-order valence-corrected chi connectivity index (χ0v) is 8.55. The van der Waals surface area contributed by atoms with Gasteiger partial charge in [-0.05, 0) is 12.1 Å². The lowest BCUT2D eigenvalue weighted by atomic mass is 10.2. The van der Waals surface area contributed by atoms with Crippen molar-refractivity contribution in [3.05, 3.63) is 42.2 Å². The lowest BCUT2D eigenvalue weighted by molar-refractivity contribution is -0.120. The van der Waals surface area contributed by atoms with Crippen LogP contribution in [0, 0.1) is 0 Å². The molecule has 2 heterocycles. The van der Waals surface area contributed by atoms with E-state index >= 15 is 0 Å². The van der Waals surface area contributed by atoms with Gasteiger partial charge in [-0.25, -0.2) is 4.98 Å². The van der Waals surface area contributed by atoms with Crippen LogP contribution < -0.4 is 5.32 Å². The van der Waals surface area contributed by atoms with Crippen LogP contribution >= 0.6 is 0 Å². The first-order valence-corrected chi connectivity index (χ1v) is 4.85. The number of H-pyrrole nitrogens is 1. The van der Waals surface area contributed by atoms with E-state index in [1.807, 2.05) is 18.2 Å². The molecule has 6 heteroatoms. The second-order valence-electron chi connectivity index (χ2n) is 3.21. The Morgan fingerprint density at radius 2 is 2.31 bits per heavy atom. The number of carbonyl (C=O) groups excluding carboxylic acids is 1. The normalized spacial score (nSPS) is 10.0. The van der Waals surface area contributed by atoms with Gasteiger partial charge in [0.25, 0.3) is 0 Å². The Labute approximate surface area is 92.1 Å². The first-order chi connectivity index (χ1) is 7.84. The number of nitrogens with zero attached hydrogens (tertiary/aromatic N) is 3. The summed E-state index contributed by atoms with van der Waals surface area (Å²) in [6, 6.07) is 5.48. The third-order valence-electron chi connectivity index (χ3n) is 1.99. The Hall–Kier alpha value is -2.24. The largest absolute Gasteiger partial charge is 0.348 e. The molecule has 0 saturated carbocycles. The summed E-state index contributed by atoms with van der Waals surface area (Å²) >= 11 is 0. The molecule has 0 aromatic carbocycles. The Kier molecular flexibility index (Phi) is 3.22. The molecule has 0 bridgehead atoms. The fourth-order valence-electron chi connectivity index (χ4n) is 1.23. The molecule has 16 heavy (non-hydrogen) atoms. The van der Waals surface area contributed by atoms with E-state index in [4.69, 9.17) is 0 Å². The topological polar surface area (TPSA) is 83.6 Å². The standard InChI is InChI=1S/C10H11N5O/c16-10(5-8-3-1-2-4-11-8)12-6-9-13-7-14-15-9/h1-4,7H,5-6H2,(H,12,16)(H,13,14,15). The van der Waals surface area contributed by atoms with Crippen molar-refractivity contribution in [1.82, 2.24) is 25.5 Å². The molecule has 0 aliphatic heterocycles. The molecule has 0 spiro atoms. The van der Waals surface area contributed by atoms with E-state index in [9.17, 15) is 4.79 Å². The smallest absolute Gasteiger partial charge is 0.226 e. The van der Waals surface area contributed by atoms with Crippen molar-refractivity contribution < 1.29 is 4.79 Å². The van der Waals surface area contributed by atoms with Crippen molar-refractivity contribution in [2.75, 3.05) is 0 Å². The van der Waals surface area contributed by atoms with E-state index < -0.39 is 0 Å². The molecular weight excluding hydrogens is 206 g/mol. The average molecular weight is 217 g/mol. The van der Waals surface area contributed by atoms with Gasteiger partial charge in [0.1, 0.15) is 12.2 Å². The van der Waals surface area contributed by atoms with E-state index in [1.165, 1.54) is 6.33 Å². The van der Waals surface area contributed by atoms with Crippen LogP contribution in [0.3, 0.4) is 0 Å². The minimum atomic E-state index is -0.0879. The molecule has 2 aromatic heterocycles. The number of aromatic nitrogens is 4.